The monoisotopic (exact) mass is 460 g/mol. The van der Waals surface area contributed by atoms with Gasteiger partial charge >= 0.3 is 5.97 Å². The predicted octanol–water partition coefficient (Wildman–Crippen LogP) is 4.97. The van der Waals surface area contributed by atoms with Gasteiger partial charge in [0, 0.05) is 16.1 Å². The molecule has 0 heterocycles. The fourth-order valence-electron chi connectivity index (χ4n) is 2.36. The average molecular weight is 461 g/mol. The summed E-state index contributed by atoms with van der Waals surface area (Å²) in [4.78, 5) is 23.1. The molecule has 0 spiro atoms. The van der Waals surface area contributed by atoms with Crippen LogP contribution >= 0.6 is 28.1 Å². The maximum Gasteiger partial charge on any atom is 0.328 e. The summed E-state index contributed by atoms with van der Waals surface area (Å²) in [7, 11) is 0. The number of carbonyl (C=O) groups excluding carboxylic acids is 1. The Labute approximate surface area is 178 Å². The fraction of sp³-hybridized carbons (Fsp3) is 0.190. The van der Waals surface area contributed by atoms with Crippen LogP contribution in [0.15, 0.2) is 53.0 Å². The first-order chi connectivity index (χ1) is 13.1. The van der Waals surface area contributed by atoms with Crippen LogP contribution in [0.4, 0.5) is 5.69 Å². The number of anilines is 1. The Morgan fingerprint density at radius 3 is 2.32 bits per heavy atom. The van der Waals surface area contributed by atoms with E-state index < -0.39 is 5.97 Å². The van der Waals surface area contributed by atoms with Gasteiger partial charge in [-0.05, 0) is 75.0 Å². The Balaban J connectivity index is 2.06. The fourth-order valence-corrected chi connectivity index (χ4v) is 2.91. The quantitative estimate of drug-likeness (QED) is 0.443. The van der Waals surface area contributed by atoms with Gasteiger partial charge in [-0.1, -0.05) is 39.0 Å². The summed E-state index contributed by atoms with van der Waals surface area (Å²) in [6, 6.07) is 12.6. The molecule has 0 bridgehead atoms. The van der Waals surface area contributed by atoms with Crippen molar-refractivity contribution >= 4 is 56.9 Å². The molecule has 28 heavy (non-hydrogen) atoms. The van der Waals surface area contributed by atoms with Crippen LogP contribution < -0.4 is 10.6 Å². The van der Waals surface area contributed by atoms with E-state index in [0.29, 0.717) is 16.8 Å². The van der Waals surface area contributed by atoms with Crippen LogP contribution in [0.2, 0.25) is 0 Å². The Kier molecular flexibility index (Phi) is 7.10. The van der Waals surface area contributed by atoms with Crippen LogP contribution in [-0.4, -0.2) is 22.1 Å². The molecular formula is C21H21BrN2O3S. The van der Waals surface area contributed by atoms with Crippen LogP contribution in [0.25, 0.3) is 6.08 Å². The summed E-state index contributed by atoms with van der Waals surface area (Å²) in [5.41, 5.74) is 2.95. The molecule has 2 aromatic carbocycles. The Morgan fingerprint density at radius 2 is 1.75 bits per heavy atom. The van der Waals surface area contributed by atoms with Crippen LogP contribution in [-0.2, 0) is 10.2 Å². The highest BCUT2D eigenvalue weighted by Crippen LogP contribution is 2.24. The van der Waals surface area contributed by atoms with Gasteiger partial charge < -0.3 is 10.4 Å². The molecule has 0 aromatic heterocycles. The number of thiocarbonyl (C=S) groups is 1. The number of aliphatic carboxylic acids is 1. The van der Waals surface area contributed by atoms with Crippen molar-refractivity contribution in [1.29, 1.82) is 0 Å². The van der Waals surface area contributed by atoms with Crippen LogP contribution in [0, 0.1) is 0 Å². The van der Waals surface area contributed by atoms with Gasteiger partial charge in [-0.15, -0.1) is 0 Å². The number of benzene rings is 2. The van der Waals surface area contributed by atoms with E-state index in [4.69, 9.17) is 17.3 Å². The Bertz CT molecular complexity index is 932. The lowest BCUT2D eigenvalue weighted by Gasteiger charge is -2.19. The molecule has 7 heteroatoms. The molecule has 1 amide bonds. The summed E-state index contributed by atoms with van der Waals surface area (Å²) in [6.07, 6.45) is 2.52. The van der Waals surface area contributed by atoms with Crippen LogP contribution in [0.3, 0.4) is 0 Å². The number of halogens is 1. The zero-order chi connectivity index (χ0) is 20.9. The summed E-state index contributed by atoms with van der Waals surface area (Å²) >= 11 is 8.63. The maximum absolute atomic E-state index is 12.4. The van der Waals surface area contributed by atoms with Gasteiger partial charge in [0.15, 0.2) is 5.11 Å². The van der Waals surface area contributed by atoms with Crippen molar-refractivity contribution in [3.63, 3.8) is 0 Å². The third-order valence-corrected chi connectivity index (χ3v) is 4.79. The van der Waals surface area contributed by atoms with E-state index in [9.17, 15) is 9.59 Å². The summed E-state index contributed by atoms with van der Waals surface area (Å²) in [5, 5.41) is 14.5. The third-order valence-electron chi connectivity index (χ3n) is 3.90. The lowest BCUT2D eigenvalue weighted by Crippen LogP contribution is -2.34. The number of carboxylic acids is 1. The van der Waals surface area contributed by atoms with Crippen molar-refractivity contribution in [3.8, 4) is 0 Å². The SMILES string of the molecule is CC(C)(C)c1ccc(C(=O)NC(=S)Nc2cc(/C=C/C(=O)O)ccc2Br)cc1. The maximum atomic E-state index is 12.4. The first kappa shape index (κ1) is 21.8. The Morgan fingerprint density at radius 1 is 1.11 bits per heavy atom. The minimum absolute atomic E-state index is 0.0121. The van der Waals surface area contributed by atoms with E-state index in [0.717, 1.165) is 16.1 Å². The van der Waals surface area contributed by atoms with E-state index in [1.807, 2.05) is 12.1 Å². The smallest absolute Gasteiger partial charge is 0.328 e. The molecule has 0 saturated carbocycles. The molecule has 2 rings (SSSR count). The van der Waals surface area contributed by atoms with Gasteiger partial charge in [-0.3, -0.25) is 10.1 Å². The van der Waals surface area contributed by atoms with Crippen molar-refractivity contribution in [2.75, 3.05) is 5.32 Å². The normalized spacial score (nSPS) is 11.3. The molecule has 3 N–H and O–H groups in total. The topological polar surface area (TPSA) is 78.4 Å². The minimum atomic E-state index is -1.03. The van der Waals surface area contributed by atoms with E-state index in [-0.39, 0.29) is 16.4 Å². The van der Waals surface area contributed by atoms with Crippen molar-refractivity contribution in [2.24, 2.45) is 0 Å². The second-order valence-electron chi connectivity index (χ2n) is 7.15. The number of hydrogen-bond donors (Lipinski definition) is 3. The minimum Gasteiger partial charge on any atom is -0.478 e. The molecule has 0 atom stereocenters. The molecule has 0 fully saturated rings. The zero-order valence-corrected chi connectivity index (χ0v) is 18.1. The first-order valence-corrected chi connectivity index (χ1v) is 9.70. The molecular weight excluding hydrogens is 440 g/mol. The number of carboxylic acid groups (broad SMARTS) is 1. The van der Waals surface area contributed by atoms with Gasteiger partial charge in [0.05, 0.1) is 5.69 Å². The molecule has 0 saturated heterocycles. The standard InChI is InChI=1S/C21H21BrN2O3S/c1-21(2,3)15-8-6-14(7-9-15)19(27)24-20(28)23-17-12-13(4-10-16(17)22)5-11-18(25)26/h4-12H,1-3H3,(H,25,26)(H2,23,24,27,28)/b11-5+. The van der Waals surface area contributed by atoms with Gasteiger partial charge in [-0.25, -0.2) is 4.79 Å². The summed E-state index contributed by atoms with van der Waals surface area (Å²) in [6.45, 7) is 6.33. The molecule has 0 aliphatic heterocycles. The van der Waals surface area contributed by atoms with E-state index in [1.54, 1.807) is 30.3 Å². The molecule has 0 radical (unpaired) electrons. The lowest BCUT2D eigenvalue weighted by atomic mass is 9.87. The van der Waals surface area contributed by atoms with Crippen LogP contribution in [0.1, 0.15) is 42.3 Å². The molecule has 0 unspecified atom stereocenters. The molecule has 2 aromatic rings. The lowest BCUT2D eigenvalue weighted by molar-refractivity contribution is -0.131. The number of rotatable bonds is 4. The van der Waals surface area contributed by atoms with E-state index >= 15 is 0 Å². The highest BCUT2D eigenvalue weighted by Gasteiger charge is 2.15. The number of carbonyl (C=O) groups is 2. The second kappa shape index (κ2) is 9.12. The van der Waals surface area contributed by atoms with E-state index in [1.165, 1.54) is 6.08 Å². The third kappa shape index (κ3) is 6.28. The van der Waals surface area contributed by atoms with Gasteiger partial charge in [0.1, 0.15) is 0 Å². The van der Waals surface area contributed by atoms with Crippen LogP contribution in [0.5, 0.6) is 0 Å². The van der Waals surface area contributed by atoms with Crippen molar-refractivity contribution in [1.82, 2.24) is 5.32 Å². The molecule has 146 valence electrons. The number of nitrogens with one attached hydrogen (secondary N) is 2. The van der Waals surface area contributed by atoms with Crippen molar-refractivity contribution in [3.05, 3.63) is 69.7 Å². The first-order valence-electron chi connectivity index (χ1n) is 8.50. The second-order valence-corrected chi connectivity index (χ2v) is 8.41. The molecule has 0 aliphatic carbocycles. The van der Waals surface area contributed by atoms with Gasteiger partial charge in [0.2, 0.25) is 0 Å². The van der Waals surface area contributed by atoms with Crippen molar-refractivity contribution < 1.29 is 14.7 Å². The highest BCUT2D eigenvalue weighted by molar-refractivity contribution is 9.10. The molecule has 5 nitrogen and oxygen atoms in total. The zero-order valence-electron chi connectivity index (χ0n) is 15.7. The largest absolute Gasteiger partial charge is 0.478 e. The van der Waals surface area contributed by atoms with E-state index in [2.05, 4.69) is 47.3 Å². The molecule has 0 aliphatic rings. The highest BCUT2D eigenvalue weighted by atomic mass is 79.9. The average Bonchev–Trinajstić information content (AvgIpc) is 2.61. The summed E-state index contributed by atoms with van der Waals surface area (Å²) in [5.74, 6) is -1.34. The number of hydrogen-bond acceptors (Lipinski definition) is 3. The number of amides is 1. The van der Waals surface area contributed by atoms with Crippen molar-refractivity contribution in [2.45, 2.75) is 26.2 Å². The van der Waals surface area contributed by atoms with Gasteiger partial charge in [0.25, 0.3) is 5.91 Å². The van der Waals surface area contributed by atoms with Gasteiger partial charge in [-0.2, -0.15) is 0 Å². The summed E-state index contributed by atoms with van der Waals surface area (Å²) < 4.78 is 0.728. The predicted molar refractivity (Wildman–Crippen MR) is 120 cm³/mol. The Hall–Kier alpha value is -2.51.